The zero-order valence-electron chi connectivity index (χ0n) is 12.1. The molecule has 0 saturated heterocycles. The van der Waals surface area contributed by atoms with Gasteiger partial charge in [0.2, 0.25) is 0 Å². The van der Waals surface area contributed by atoms with Crippen LogP contribution < -0.4 is 5.73 Å². The van der Waals surface area contributed by atoms with Crippen molar-refractivity contribution in [3.63, 3.8) is 0 Å². The van der Waals surface area contributed by atoms with Crippen LogP contribution in [0, 0.1) is 10.3 Å². The smallest absolute Gasteiger partial charge is 0.0865 e. The van der Waals surface area contributed by atoms with E-state index in [0.717, 1.165) is 32.1 Å². The Morgan fingerprint density at radius 2 is 1.78 bits per heavy atom. The number of allylic oxidation sites excluding steroid dienone is 3. The molecule has 0 aliphatic heterocycles. The standard InChI is InChI=1S/C15H28N2O/c1-4-14(16)11-9-7-5-6-8-10-12-15(2,3)13-17-18/h7-10,14H,4-6,11-13,16H2,1-3H3. The fraction of sp³-hybridized carbons (Fsp3) is 0.733. The van der Waals surface area contributed by atoms with Crippen LogP contribution in [0.15, 0.2) is 29.5 Å². The van der Waals surface area contributed by atoms with Crippen molar-refractivity contribution in [2.75, 3.05) is 6.54 Å². The molecule has 2 N–H and O–H groups in total. The van der Waals surface area contributed by atoms with Crippen molar-refractivity contribution < 1.29 is 0 Å². The lowest BCUT2D eigenvalue weighted by Gasteiger charge is -2.17. The van der Waals surface area contributed by atoms with Gasteiger partial charge in [0.1, 0.15) is 0 Å². The van der Waals surface area contributed by atoms with Gasteiger partial charge in [-0.05, 0) is 37.5 Å². The van der Waals surface area contributed by atoms with Crippen molar-refractivity contribution in [1.29, 1.82) is 0 Å². The highest BCUT2D eigenvalue weighted by Gasteiger charge is 2.15. The van der Waals surface area contributed by atoms with Gasteiger partial charge >= 0.3 is 0 Å². The number of hydrogen-bond donors (Lipinski definition) is 1. The molecule has 1 atom stereocenters. The summed E-state index contributed by atoms with van der Waals surface area (Å²) in [6.45, 7) is 6.61. The van der Waals surface area contributed by atoms with Crippen molar-refractivity contribution in [2.24, 2.45) is 16.3 Å². The zero-order valence-corrected chi connectivity index (χ0v) is 12.1. The predicted octanol–water partition coefficient (Wildman–Crippen LogP) is 4.19. The van der Waals surface area contributed by atoms with Gasteiger partial charge in [0.05, 0.1) is 6.54 Å². The van der Waals surface area contributed by atoms with Crippen LogP contribution in [0.1, 0.15) is 52.9 Å². The Bertz CT molecular complexity index is 270. The molecular weight excluding hydrogens is 224 g/mol. The minimum atomic E-state index is -0.0119. The maximum absolute atomic E-state index is 10.2. The Morgan fingerprint density at radius 3 is 2.33 bits per heavy atom. The van der Waals surface area contributed by atoms with Gasteiger partial charge in [0.25, 0.3) is 0 Å². The van der Waals surface area contributed by atoms with Crippen LogP contribution in [0.3, 0.4) is 0 Å². The molecule has 0 rings (SSSR count). The predicted molar refractivity (Wildman–Crippen MR) is 79.5 cm³/mol. The van der Waals surface area contributed by atoms with E-state index >= 15 is 0 Å². The number of hydrogen-bond acceptors (Lipinski definition) is 3. The van der Waals surface area contributed by atoms with Crippen LogP contribution >= 0.6 is 0 Å². The molecule has 0 aromatic carbocycles. The van der Waals surface area contributed by atoms with E-state index in [0.29, 0.717) is 12.6 Å². The Labute approximate surface area is 112 Å². The summed E-state index contributed by atoms with van der Waals surface area (Å²) in [5, 5.41) is 2.96. The molecule has 1 unspecified atom stereocenters. The maximum Gasteiger partial charge on any atom is 0.0865 e. The lowest BCUT2D eigenvalue weighted by atomic mass is 9.89. The second-order valence-corrected chi connectivity index (χ2v) is 5.58. The van der Waals surface area contributed by atoms with E-state index < -0.39 is 0 Å². The first-order valence-corrected chi connectivity index (χ1v) is 6.86. The van der Waals surface area contributed by atoms with Gasteiger partial charge in [-0.25, -0.2) is 0 Å². The van der Waals surface area contributed by atoms with E-state index in [2.05, 4.69) is 50.3 Å². The minimum absolute atomic E-state index is 0.0119. The molecule has 0 aliphatic rings. The fourth-order valence-corrected chi connectivity index (χ4v) is 1.51. The summed E-state index contributed by atoms with van der Waals surface area (Å²) in [5.41, 5.74) is 5.80. The first-order valence-electron chi connectivity index (χ1n) is 6.86. The highest BCUT2D eigenvalue weighted by Crippen LogP contribution is 2.21. The summed E-state index contributed by atoms with van der Waals surface area (Å²) in [4.78, 5) is 10.2. The van der Waals surface area contributed by atoms with E-state index in [1.807, 2.05) is 0 Å². The van der Waals surface area contributed by atoms with Gasteiger partial charge in [-0.3, -0.25) is 0 Å². The molecule has 104 valence electrons. The summed E-state index contributed by atoms with van der Waals surface area (Å²) in [5.74, 6) is 0. The Hall–Kier alpha value is -0.960. The molecule has 0 fully saturated rings. The quantitative estimate of drug-likeness (QED) is 0.360. The van der Waals surface area contributed by atoms with Gasteiger partial charge in [0, 0.05) is 6.04 Å². The molecule has 0 spiro atoms. The molecule has 0 aromatic rings. The third-order valence-corrected chi connectivity index (χ3v) is 2.96. The number of nitrogens with zero attached hydrogens (tertiary/aromatic N) is 1. The minimum Gasteiger partial charge on any atom is -0.327 e. The molecule has 3 heteroatoms. The highest BCUT2D eigenvalue weighted by atomic mass is 16.3. The van der Waals surface area contributed by atoms with E-state index in [4.69, 9.17) is 5.73 Å². The average molecular weight is 252 g/mol. The molecular formula is C15H28N2O. The van der Waals surface area contributed by atoms with Crippen LogP contribution in [-0.2, 0) is 0 Å². The number of nitroso groups, excluding NO2 is 1. The lowest BCUT2D eigenvalue weighted by Crippen LogP contribution is -2.16. The van der Waals surface area contributed by atoms with Crippen molar-refractivity contribution in [3.05, 3.63) is 29.2 Å². The third-order valence-electron chi connectivity index (χ3n) is 2.96. The average Bonchev–Trinajstić information content (AvgIpc) is 2.32. The van der Waals surface area contributed by atoms with Crippen LogP contribution in [0.25, 0.3) is 0 Å². The van der Waals surface area contributed by atoms with Gasteiger partial charge in [-0.2, -0.15) is 4.91 Å². The number of unbranched alkanes of at least 4 members (excludes halogenated alkanes) is 1. The largest absolute Gasteiger partial charge is 0.327 e. The Morgan fingerprint density at radius 1 is 1.17 bits per heavy atom. The third kappa shape index (κ3) is 10.2. The van der Waals surface area contributed by atoms with E-state index in [-0.39, 0.29) is 5.41 Å². The van der Waals surface area contributed by atoms with Crippen molar-refractivity contribution in [1.82, 2.24) is 0 Å². The summed E-state index contributed by atoms with van der Waals surface area (Å²) < 4.78 is 0. The van der Waals surface area contributed by atoms with Crippen molar-refractivity contribution >= 4 is 0 Å². The zero-order chi connectivity index (χ0) is 13.9. The summed E-state index contributed by atoms with van der Waals surface area (Å²) in [6.07, 6.45) is 13.7. The van der Waals surface area contributed by atoms with Gasteiger partial charge in [-0.1, -0.05) is 50.3 Å². The Kier molecular flexibility index (Phi) is 9.47. The lowest BCUT2D eigenvalue weighted by molar-refractivity contribution is 0.384. The molecule has 0 aliphatic carbocycles. The summed E-state index contributed by atoms with van der Waals surface area (Å²) in [6, 6.07) is 0.299. The second kappa shape index (κ2) is 10.0. The summed E-state index contributed by atoms with van der Waals surface area (Å²) in [7, 11) is 0. The van der Waals surface area contributed by atoms with Crippen molar-refractivity contribution in [2.45, 2.75) is 58.9 Å². The fourth-order valence-electron chi connectivity index (χ4n) is 1.51. The van der Waals surface area contributed by atoms with Gasteiger partial charge < -0.3 is 5.73 Å². The molecule has 0 saturated carbocycles. The van der Waals surface area contributed by atoms with Crippen LogP contribution in [0.4, 0.5) is 0 Å². The molecule has 18 heavy (non-hydrogen) atoms. The van der Waals surface area contributed by atoms with Crippen molar-refractivity contribution in [3.8, 4) is 0 Å². The molecule has 0 aromatic heterocycles. The SMILES string of the molecule is CCC(N)CC=CCCC=CCC(C)(C)CN=O. The first kappa shape index (κ1) is 17.0. The monoisotopic (exact) mass is 252 g/mol. The number of rotatable bonds is 10. The number of nitrogens with two attached hydrogens (primary N) is 1. The molecule has 0 radical (unpaired) electrons. The van der Waals surface area contributed by atoms with Crippen LogP contribution in [0.5, 0.6) is 0 Å². The van der Waals surface area contributed by atoms with Crippen LogP contribution in [-0.4, -0.2) is 12.6 Å². The van der Waals surface area contributed by atoms with E-state index in [9.17, 15) is 4.91 Å². The summed E-state index contributed by atoms with van der Waals surface area (Å²) >= 11 is 0. The van der Waals surface area contributed by atoms with Gasteiger partial charge in [-0.15, -0.1) is 0 Å². The molecule has 0 heterocycles. The first-order chi connectivity index (χ1) is 8.52. The van der Waals surface area contributed by atoms with Crippen LogP contribution in [0.2, 0.25) is 0 Å². The Balaban J connectivity index is 3.63. The molecule has 3 nitrogen and oxygen atoms in total. The van der Waals surface area contributed by atoms with E-state index in [1.165, 1.54) is 0 Å². The van der Waals surface area contributed by atoms with E-state index in [1.54, 1.807) is 0 Å². The maximum atomic E-state index is 10.2. The molecule has 0 bridgehead atoms. The normalized spacial score (nSPS) is 14.4. The topological polar surface area (TPSA) is 55.4 Å². The second-order valence-electron chi connectivity index (χ2n) is 5.58. The highest BCUT2D eigenvalue weighted by molar-refractivity contribution is 4.92. The molecule has 0 amide bonds. The van der Waals surface area contributed by atoms with Gasteiger partial charge in [0.15, 0.2) is 0 Å².